The molecule has 1 saturated heterocycles. The van der Waals surface area contributed by atoms with E-state index in [0.717, 1.165) is 25.4 Å². The molecule has 0 bridgehead atoms. The minimum atomic E-state index is 0.520. The predicted octanol–water partition coefficient (Wildman–Crippen LogP) is 1.89. The van der Waals surface area contributed by atoms with Gasteiger partial charge in [-0.3, -0.25) is 0 Å². The molecule has 1 aliphatic heterocycles. The Morgan fingerprint density at radius 3 is 2.69 bits per heavy atom. The summed E-state index contributed by atoms with van der Waals surface area (Å²) in [7, 11) is 0. The quantitative estimate of drug-likeness (QED) is 0.634. The van der Waals surface area contributed by atoms with Crippen molar-refractivity contribution >= 4 is 0 Å². The van der Waals surface area contributed by atoms with Gasteiger partial charge in [-0.2, -0.15) is 0 Å². The largest absolute Gasteiger partial charge is 0.302 e. The molecule has 1 heterocycles. The van der Waals surface area contributed by atoms with Gasteiger partial charge in [0.05, 0.1) is 6.17 Å². The summed E-state index contributed by atoms with van der Waals surface area (Å²) in [6, 6.07) is 0. The third-order valence-corrected chi connectivity index (χ3v) is 2.68. The van der Waals surface area contributed by atoms with Crippen LogP contribution in [0.15, 0.2) is 12.7 Å². The van der Waals surface area contributed by atoms with Crippen LogP contribution in [0.4, 0.5) is 0 Å². The molecular formula is C11H22N2. The first-order valence-corrected chi connectivity index (χ1v) is 5.46. The Morgan fingerprint density at radius 2 is 2.15 bits per heavy atom. The van der Waals surface area contributed by atoms with Gasteiger partial charge in [0, 0.05) is 0 Å². The van der Waals surface area contributed by atoms with Crippen LogP contribution in [0.5, 0.6) is 0 Å². The standard InChI is InChI=1S/C11H22N2/c1-3-6-10(7-4-2)11-12-8-5-9-13-11/h3,10-13H,1,4-9H2,2H3. The second-order valence-electron chi connectivity index (χ2n) is 3.81. The molecule has 2 N–H and O–H groups in total. The van der Waals surface area contributed by atoms with Crippen molar-refractivity contribution in [3.63, 3.8) is 0 Å². The first kappa shape index (κ1) is 10.7. The highest BCUT2D eigenvalue weighted by atomic mass is 15.1. The van der Waals surface area contributed by atoms with Gasteiger partial charge in [0.15, 0.2) is 0 Å². The highest BCUT2D eigenvalue weighted by Crippen LogP contribution is 2.16. The van der Waals surface area contributed by atoms with Gasteiger partial charge in [0.2, 0.25) is 0 Å². The topological polar surface area (TPSA) is 24.1 Å². The molecule has 2 heteroatoms. The summed E-state index contributed by atoms with van der Waals surface area (Å²) >= 11 is 0. The first-order valence-electron chi connectivity index (χ1n) is 5.46. The maximum absolute atomic E-state index is 3.82. The average molecular weight is 182 g/mol. The van der Waals surface area contributed by atoms with Crippen molar-refractivity contribution in [2.45, 2.75) is 38.8 Å². The van der Waals surface area contributed by atoms with Crippen molar-refractivity contribution < 1.29 is 0 Å². The molecule has 1 rings (SSSR count). The Balaban J connectivity index is 2.36. The molecule has 0 amide bonds. The fourth-order valence-electron chi connectivity index (χ4n) is 2.01. The van der Waals surface area contributed by atoms with E-state index in [1.165, 1.54) is 19.3 Å². The van der Waals surface area contributed by atoms with Crippen LogP contribution in [0.25, 0.3) is 0 Å². The van der Waals surface area contributed by atoms with Crippen molar-refractivity contribution in [2.75, 3.05) is 13.1 Å². The lowest BCUT2D eigenvalue weighted by Crippen LogP contribution is -2.52. The van der Waals surface area contributed by atoms with Crippen molar-refractivity contribution in [3.05, 3.63) is 12.7 Å². The van der Waals surface area contributed by atoms with Crippen LogP contribution < -0.4 is 10.6 Å². The van der Waals surface area contributed by atoms with E-state index in [-0.39, 0.29) is 0 Å². The lowest BCUT2D eigenvalue weighted by Gasteiger charge is -2.31. The SMILES string of the molecule is C=CCC(CCC)C1NCCCN1. The number of rotatable bonds is 5. The van der Waals surface area contributed by atoms with Gasteiger partial charge in [0.1, 0.15) is 0 Å². The van der Waals surface area contributed by atoms with E-state index >= 15 is 0 Å². The maximum Gasteiger partial charge on any atom is 0.0603 e. The number of hydrogen-bond acceptors (Lipinski definition) is 2. The summed E-state index contributed by atoms with van der Waals surface area (Å²) in [4.78, 5) is 0. The Morgan fingerprint density at radius 1 is 1.46 bits per heavy atom. The molecule has 1 fully saturated rings. The van der Waals surface area contributed by atoms with E-state index in [4.69, 9.17) is 0 Å². The Hall–Kier alpha value is -0.340. The smallest absolute Gasteiger partial charge is 0.0603 e. The van der Waals surface area contributed by atoms with Crippen molar-refractivity contribution in [3.8, 4) is 0 Å². The molecule has 1 aliphatic rings. The van der Waals surface area contributed by atoms with E-state index < -0.39 is 0 Å². The zero-order chi connectivity index (χ0) is 9.52. The van der Waals surface area contributed by atoms with Crippen LogP contribution in [-0.4, -0.2) is 19.3 Å². The molecule has 0 aromatic rings. The molecule has 2 nitrogen and oxygen atoms in total. The maximum atomic E-state index is 3.82. The number of hydrogen-bond donors (Lipinski definition) is 2. The minimum absolute atomic E-state index is 0.520. The lowest BCUT2D eigenvalue weighted by molar-refractivity contribution is 0.256. The van der Waals surface area contributed by atoms with Gasteiger partial charge in [-0.05, 0) is 38.3 Å². The molecule has 76 valence electrons. The van der Waals surface area contributed by atoms with Gasteiger partial charge in [-0.1, -0.05) is 19.4 Å². The van der Waals surface area contributed by atoms with E-state index in [1.54, 1.807) is 0 Å². The summed E-state index contributed by atoms with van der Waals surface area (Å²) in [5, 5.41) is 7.06. The Kier molecular flexibility index (Phi) is 5.09. The summed E-state index contributed by atoms with van der Waals surface area (Å²) < 4.78 is 0. The second-order valence-corrected chi connectivity index (χ2v) is 3.81. The third-order valence-electron chi connectivity index (χ3n) is 2.68. The summed E-state index contributed by atoms with van der Waals surface area (Å²) in [5.74, 6) is 0.725. The van der Waals surface area contributed by atoms with Crippen molar-refractivity contribution in [1.82, 2.24) is 10.6 Å². The van der Waals surface area contributed by atoms with Gasteiger partial charge in [0.25, 0.3) is 0 Å². The Labute approximate surface area is 81.8 Å². The van der Waals surface area contributed by atoms with E-state index in [0.29, 0.717) is 6.17 Å². The first-order chi connectivity index (χ1) is 6.38. The van der Waals surface area contributed by atoms with Crippen LogP contribution in [-0.2, 0) is 0 Å². The zero-order valence-electron chi connectivity index (χ0n) is 8.68. The second kappa shape index (κ2) is 6.17. The summed E-state index contributed by atoms with van der Waals surface area (Å²) in [6.07, 6.45) is 7.49. The zero-order valence-corrected chi connectivity index (χ0v) is 8.68. The molecule has 0 saturated carbocycles. The van der Waals surface area contributed by atoms with Crippen LogP contribution >= 0.6 is 0 Å². The molecule has 1 unspecified atom stereocenters. The predicted molar refractivity (Wildman–Crippen MR) is 57.6 cm³/mol. The van der Waals surface area contributed by atoms with E-state index in [2.05, 4.69) is 24.1 Å². The normalized spacial score (nSPS) is 21.3. The van der Waals surface area contributed by atoms with Crippen molar-refractivity contribution in [1.29, 1.82) is 0 Å². The van der Waals surface area contributed by atoms with Crippen LogP contribution in [0.1, 0.15) is 32.6 Å². The monoisotopic (exact) mass is 182 g/mol. The Bertz CT molecular complexity index is 139. The molecule has 0 radical (unpaired) electrons. The van der Waals surface area contributed by atoms with Gasteiger partial charge >= 0.3 is 0 Å². The third kappa shape index (κ3) is 3.49. The molecule has 0 spiro atoms. The molecule has 1 atom stereocenters. The van der Waals surface area contributed by atoms with Gasteiger partial charge in [-0.25, -0.2) is 0 Å². The molecular weight excluding hydrogens is 160 g/mol. The van der Waals surface area contributed by atoms with Gasteiger partial charge < -0.3 is 10.6 Å². The van der Waals surface area contributed by atoms with Crippen LogP contribution in [0, 0.1) is 5.92 Å². The fraction of sp³-hybridized carbons (Fsp3) is 0.818. The van der Waals surface area contributed by atoms with Gasteiger partial charge in [-0.15, -0.1) is 6.58 Å². The molecule has 0 aromatic carbocycles. The minimum Gasteiger partial charge on any atom is -0.302 e. The molecule has 0 aliphatic carbocycles. The summed E-state index contributed by atoms with van der Waals surface area (Å²) in [6.45, 7) is 8.39. The van der Waals surface area contributed by atoms with Crippen LogP contribution in [0.2, 0.25) is 0 Å². The van der Waals surface area contributed by atoms with E-state index in [1.807, 2.05) is 6.08 Å². The van der Waals surface area contributed by atoms with Crippen molar-refractivity contribution in [2.24, 2.45) is 5.92 Å². The summed E-state index contributed by atoms with van der Waals surface area (Å²) in [5.41, 5.74) is 0. The number of nitrogens with one attached hydrogen (secondary N) is 2. The fourth-order valence-corrected chi connectivity index (χ4v) is 2.01. The molecule has 0 aromatic heterocycles. The highest BCUT2D eigenvalue weighted by Gasteiger charge is 2.20. The molecule has 13 heavy (non-hydrogen) atoms. The average Bonchev–Trinajstić information content (AvgIpc) is 2.19. The highest BCUT2D eigenvalue weighted by molar-refractivity contribution is 4.83. The van der Waals surface area contributed by atoms with E-state index in [9.17, 15) is 0 Å². The number of allylic oxidation sites excluding steroid dienone is 1. The van der Waals surface area contributed by atoms with Crippen LogP contribution in [0.3, 0.4) is 0 Å². The lowest BCUT2D eigenvalue weighted by atomic mass is 9.95.